The molecule has 1 saturated heterocycles. The number of aliphatic hydroxyl groups excluding tert-OH is 1. The Balaban J connectivity index is 1.65. The van der Waals surface area contributed by atoms with Gasteiger partial charge < -0.3 is 24.2 Å². The third kappa shape index (κ3) is 5.75. The lowest BCUT2D eigenvalue weighted by atomic mass is 9.93. The van der Waals surface area contributed by atoms with Crippen molar-refractivity contribution in [2.75, 3.05) is 14.1 Å². The zero-order chi connectivity index (χ0) is 24.3. The number of fused-ring (bicyclic) bond motifs is 1. The molecule has 2 aliphatic rings. The normalized spacial score (nSPS) is 27.7. The number of thioether (sulfide) groups is 1. The van der Waals surface area contributed by atoms with Crippen LogP contribution in [0.4, 0.5) is 13.2 Å². The molecule has 0 bridgehead atoms. The number of benzene rings is 2. The van der Waals surface area contributed by atoms with E-state index in [1.165, 1.54) is 11.8 Å². The summed E-state index contributed by atoms with van der Waals surface area (Å²) in [6.07, 6.45) is -11.4. The molecule has 2 aliphatic heterocycles. The van der Waals surface area contributed by atoms with Gasteiger partial charge in [-0.25, -0.2) is 0 Å². The summed E-state index contributed by atoms with van der Waals surface area (Å²) in [4.78, 5) is 6.45. The first-order valence-corrected chi connectivity index (χ1v) is 11.7. The Hall–Kier alpha value is -2.11. The van der Waals surface area contributed by atoms with Gasteiger partial charge in [0.25, 0.3) is 0 Å². The average Bonchev–Trinajstić information content (AvgIpc) is 3.26. The Labute approximate surface area is 200 Å². The molecule has 0 saturated carbocycles. The number of ether oxygens (including phenoxy) is 3. The molecule has 2 aromatic carbocycles. The minimum absolute atomic E-state index is 0.0376. The van der Waals surface area contributed by atoms with Crippen molar-refractivity contribution in [2.45, 2.75) is 55.3 Å². The van der Waals surface area contributed by atoms with Crippen LogP contribution in [0.2, 0.25) is 0 Å². The summed E-state index contributed by atoms with van der Waals surface area (Å²) in [6.45, 7) is 0.197. The van der Waals surface area contributed by atoms with Gasteiger partial charge in [0.2, 0.25) is 0 Å². The molecule has 1 fully saturated rings. The van der Waals surface area contributed by atoms with E-state index in [9.17, 15) is 18.3 Å². The minimum Gasteiger partial charge on any atom is -0.381 e. The van der Waals surface area contributed by atoms with E-state index in [0.29, 0.717) is 5.17 Å². The quantitative estimate of drug-likeness (QED) is 0.629. The van der Waals surface area contributed by atoms with Gasteiger partial charge in [-0.1, -0.05) is 72.4 Å². The van der Waals surface area contributed by atoms with Crippen molar-refractivity contribution in [3.63, 3.8) is 0 Å². The Kier molecular flexibility index (Phi) is 7.83. The number of hydrogen-bond donors (Lipinski definition) is 1. The van der Waals surface area contributed by atoms with Crippen LogP contribution < -0.4 is 0 Å². The number of alkyl halides is 3. The van der Waals surface area contributed by atoms with E-state index in [1.54, 1.807) is 19.0 Å². The Morgan fingerprint density at radius 1 is 0.971 bits per heavy atom. The van der Waals surface area contributed by atoms with E-state index in [-0.39, 0.29) is 13.2 Å². The van der Waals surface area contributed by atoms with Crippen molar-refractivity contribution in [3.8, 4) is 0 Å². The highest BCUT2D eigenvalue weighted by atomic mass is 32.2. The fraction of sp³-hybridized carbons (Fsp3) is 0.458. The van der Waals surface area contributed by atoms with E-state index >= 15 is 0 Å². The summed E-state index contributed by atoms with van der Waals surface area (Å²) in [6, 6.07) is 17.8. The fourth-order valence-electron chi connectivity index (χ4n) is 3.92. The van der Waals surface area contributed by atoms with E-state index in [4.69, 9.17) is 14.2 Å². The van der Waals surface area contributed by atoms with Crippen LogP contribution in [0.25, 0.3) is 0 Å². The summed E-state index contributed by atoms with van der Waals surface area (Å²) in [5.41, 5.74) is 0.907. The lowest BCUT2D eigenvalue weighted by Crippen LogP contribution is -2.62. The van der Waals surface area contributed by atoms with Crippen LogP contribution >= 0.6 is 11.8 Å². The topological polar surface area (TPSA) is 63.5 Å². The monoisotopic (exact) mass is 496 g/mol. The van der Waals surface area contributed by atoms with Crippen LogP contribution in [0.15, 0.2) is 65.7 Å². The average molecular weight is 497 g/mol. The first-order chi connectivity index (χ1) is 16.2. The molecule has 6 unspecified atom stereocenters. The van der Waals surface area contributed by atoms with Gasteiger partial charge in [0.1, 0.15) is 29.8 Å². The van der Waals surface area contributed by atoms with Crippen LogP contribution in [0.5, 0.6) is 0 Å². The molecule has 0 aromatic heterocycles. The Morgan fingerprint density at radius 2 is 1.50 bits per heavy atom. The number of halogens is 3. The minimum atomic E-state index is -4.88. The standard InChI is InChI=1S/C24H27F3N2O4S/c1-29(2)23-28-17-18(31-13-15-9-5-3-6-10-15)19(32-14-16-11-7-4-8-12-16)20(33-22(17)34-23)21(30)24(25,26)27/h3-12,17-22,30H,13-14H2,1-2H3. The third-order valence-electron chi connectivity index (χ3n) is 5.64. The zero-order valence-electron chi connectivity index (χ0n) is 18.8. The first kappa shape index (κ1) is 25.0. The maximum absolute atomic E-state index is 13.6. The Morgan fingerprint density at radius 3 is 2.00 bits per heavy atom. The maximum Gasteiger partial charge on any atom is 0.417 e. The number of aliphatic imine (C=N–C) groups is 1. The van der Waals surface area contributed by atoms with Gasteiger partial charge in [0.05, 0.1) is 13.2 Å². The molecule has 0 aliphatic carbocycles. The van der Waals surface area contributed by atoms with Gasteiger partial charge in [0, 0.05) is 14.1 Å². The highest BCUT2D eigenvalue weighted by molar-refractivity contribution is 8.14. The molecular weight excluding hydrogens is 469 g/mol. The molecule has 2 heterocycles. The number of hydrogen-bond acceptors (Lipinski definition) is 7. The van der Waals surface area contributed by atoms with Crippen LogP contribution in [-0.4, -0.2) is 71.3 Å². The second kappa shape index (κ2) is 10.7. The summed E-state index contributed by atoms with van der Waals surface area (Å²) < 4.78 is 58.9. The number of rotatable bonds is 7. The molecule has 6 atom stereocenters. The number of nitrogens with zero attached hydrogens (tertiary/aromatic N) is 2. The van der Waals surface area contributed by atoms with Gasteiger partial charge in [-0.3, -0.25) is 4.99 Å². The predicted molar refractivity (Wildman–Crippen MR) is 123 cm³/mol. The third-order valence-corrected chi connectivity index (χ3v) is 6.94. The van der Waals surface area contributed by atoms with E-state index in [1.807, 2.05) is 60.7 Å². The summed E-state index contributed by atoms with van der Waals surface area (Å²) in [7, 11) is 3.60. The molecule has 4 rings (SSSR count). The zero-order valence-corrected chi connectivity index (χ0v) is 19.6. The number of aliphatic hydroxyl groups is 1. The van der Waals surface area contributed by atoms with Gasteiger partial charge in [0.15, 0.2) is 11.3 Å². The Bertz CT molecular complexity index is 962. The molecule has 10 heteroatoms. The van der Waals surface area contributed by atoms with Crippen LogP contribution in [-0.2, 0) is 27.4 Å². The van der Waals surface area contributed by atoms with Crippen molar-refractivity contribution in [1.29, 1.82) is 0 Å². The number of amidine groups is 1. The summed E-state index contributed by atoms with van der Waals surface area (Å²) in [5.74, 6) is 0. The molecule has 1 N–H and O–H groups in total. The maximum atomic E-state index is 13.6. The van der Waals surface area contributed by atoms with Gasteiger partial charge in [-0.15, -0.1) is 0 Å². The van der Waals surface area contributed by atoms with Crippen molar-refractivity contribution < 1.29 is 32.5 Å². The summed E-state index contributed by atoms with van der Waals surface area (Å²) >= 11 is 1.22. The van der Waals surface area contributed by atoms with Gasteiger partial charge in [-0.05, 0) is 11.1 Å². The predicted octanol–water partition coefficient (Wildman–Crippen LogP) is 3.84. The lowest BCUT2D eigenvalue weighted by Gasteiger charge is -2.44. The van der Waals surface area contributed by atoms with Crippen molar-refractivity contribution >= 4 is 16.9 Å². The molecule has 34 heavy (non-hydrogen) atoms. The van der Waals surface area contributed by atoms with Crippen molar-refractivity contribution in [3.05, 3.63) is 71.8 Å². The van der Waals surface area contributed by atoms with Crippen LogP contribution in [0, 0.1) is 0 Å². The van der Waals surface area contributed by atoms with Crippen molar-refractivity contribution in [2.24, 2.45) is 4.99 Å². The van der Waals surface area contributed by atoms with Gasteiger partial charge >= 0.3 is 6.18 Å². The van der Waals surface area contributed by atoms with Crippen LogP contribution in [0.3, 0.4) is 0 Å². The lowest BCUT2D eigenvalue weighted by molar-refractivity contribution is -0.283. The second-order valence-electron chi connectivity index (χ2n) is 8.39. The molecular formula is C24H27F3N2O4S. The summed E-state index contributed by atoms with van der Waals surface area (Å²) in [5, 5.41) is 10.9. The molecule has 2 aromatic rings. The highest BCUT2D eigenvalue weighted by Gasteiger charge is 2.57. The first-order valence-electron chi connectivity index (χ1n) is 10.9. The van der Waals surface area contributed by atoms with E-state index < -0.39 is 42.1 Å². The fourth-order valence-corrected chi connectivity index (χ4v) is 5.06. The van der Waals surface area contributed by atoms with E-state index in [2.05, 4.69) is 4.99 Å². The molecule has 0 amide bonds. The highest BCUT2D eigenvalue weighted by Crippen LogP contribution is 2.42. The van der Waals surface area contributed by atoms with Crippen LogP contribution in [0.1, 0.15) is 11.1 Å². The molecule has 6 nitrogen and oxygen atoms in total. The van der Waals surface area contributed by atoms with E-state index in [0.717, 1.165) is 11.1 Å². The van der Waals surface area contributed by atoms with Crippen molar-refractivity contribution in [1.82, 2.24) is 4.90 Å². The SMILES string of the molecule is CN(C)C1=NC2C(OC(C(O)C(F)(F)F)C(OCc3ccccc3)C2OCc2ccccc2)S1. The molecule has 0 spiro atoms. The van der Waals surface area contributed by atoms with Gasteiger partial charge in [-0.2, -0.15) is 13.2 Å². The smallest absolute Gasteiger partial charge is 0.381 e. The molecule has 0 radical (unpaired) electrons. The molecule has 184 valence electrons. The largest absolute Gasteiger partial charge is 0.417 e. The second-order valence-corrected chi connectivity index (χ2v) is 9.46.